The van der Waals surface area contributed by atoms with Gasteiger partial charge in [-0.05, 0) is 13.3 Å². The van der Waals surface area contributed by atoms with Crippen molar-refractivity contribution in [3.63, 3.8) is 0 Å². The van der Waals surface area contributed by atoms with E-state index in [1.165, 1.54) is 5.06 Å². The van der Waals surface area contributed by atoms with Gasteiger partial charge in [0.05, 0.1) is 6.61 Å². The SMILES string of the molecule is C=CC(=O)OCN(C)OCC1CC1(C)OC(=O)C=C. The molecule has 0 amide bonds. The van der Waals surface area contributed by atoms with Crippen molar-refractivity contribution in [2.24, 2.45) is 5.92 Å². The number of rotatable bonds is 8. The fourth-order valence-corrected chi connectivity index (χ4v) is 1.53. The number of hydrogen-bond acceptors (Lipinski definition) is 6. The van der Waals surface area contributed by atoms with Crippen LogP contribution in [0.2, 0.25) is 0 Å². The Hall–Kier alpha value is -1.66. The first-order chi connectivity index (χ1) is 8.91. The third-order valence-corrected chi connectivity index (χ3v) is 2.91. The predicted molar refractivity (Wildman–Crippen MR) is 67.7 cm³/mol. The Morgan fingerprint density at radius 1 is 1.37 bits per heavy atom. The highest BCUT2D eigenvalue weighted by Crippen LogP contribution is 2.46. The lowest BCUT2D eigenvalue weighted by Gasteiger charge is -2.17. The average Bonchev–Trinajstić information content (AvgIpc) is 3.03. The Balaban J connectivity index is 2.20. The number of ether oxygens (including phenoxy) is 2. The molecule has 106 valence electrons. The van der Waals surface area contributed by atoms with Crippen LogP contribution in [0.3, 0.4) is 0 Å². The largest absolute Gasteiger partial charge is 0.456 e. The number of carbonyl (C=O) groups is 2. The molecule has 6 nitrogen and oxygen atoms in total. The summed E-state index contributed by atoms with van der Waals surface area (Å²) in [4.78, 5) is 27.3. The number of carbonyl (C=O) groups excluding carboxylic acids is 2. The average molecular weight is 269 g/mol. The first-order valence-corrected chi connectivity index (χ1v) is 5.90. The van der Waals surface area contributed by atoms with Crippen LogP contribution in [0.1, 0.15) is 13.3 Å². The first-order valence-electron chi connectivity index (χ1n) is 5.90. The quantitative estimate of drug-likeness (QED) is 0.284. The van der Waals surface area contributed by atoms with Gasteiger partial charge < -0.3 is 9.47 Å². The van der Waals surface area contributed by atoms with E-state index >= 15 is 0 Å². The van der Waals surface area contributed by atoms with E-state index in [0.717, 1.165) is 18.6 Å². The summed E-state index contributed by atoms with van der Waals surface area (Å²) in [5, 5.41) is 1.40. The molecular weight excluding hydrogens is 250 g/mol. The molecule has 0 aromatic carbocycles. The van der Waals surface area contributed by atoms with Crippen molar-refractivity contribution in [2.75, 3.05) is 20.4 Å². The molecule has 1 aliphatic rings. The summed E-state index contributed by atoms with van der Waals surface area (Å²) < 4.78 is 9.99. The van der Waals surface area contributed by atoms with Crippen LogP contribution in [-0.2, 0) is 23.9 Å². The summed E-state index contributed by atoms with van der Waals surface area (Å²) in [6.07, 6.45) is 2.97. The van der Waals surface area contributed by atoms with E-state index in [9.17, 15) is 9.59 Å². The molecular formula is C13H19NO5. The zero-order valence-corrected chi connectivity index (χ0v) is 11.3. The van der Waals surface area contributed by atoms with E-state index in [2.05, 4.69) is 13.2 Å². The van der Waals surface area contributed by atoms with Crippen molar-refractivity contribution < 1.29 is 23.9 Å². The van der Waals surface area contributed by atoms with E-state index < -0.39 is 17.5 Å². The van der Waals surface area contributed by atoms with E-state index in [1.807, 2.05) is 6.92 Å². The molecule has 0 radical (unpaired) electrons. The summed E-state index contributed by atoms with van der Waals surface area (Å²) in [5.74, 6) is -0.807. The molecule has 0 spiro atoms. The van der Waals surface area contributed by atoms with Gasteiger partial charge >= 0.3 is 11.9 Å². The van der Waals surface area contributed by atoms with Crippen molar-refractivity contribution in [2.45, 2.75) is 18.9 Å². The minimum atomic E-state index is -0.508. The molecule has 1 saturated carbocycles. The van der Waals surface area contributed by atoms with E-state index in [4.69, 9.17) is 14.3 Å². The minimum Gasteiger partial charge on any atom is -0.456 e. The van der Waals surface area contributed by atoms with Gasteiger partial charge in [-0.25, -0.2) is 9.59 Å². The Morgan fingerprint density at radius 2 is 2.00 bits per heavy atom. The monoisotopic (exact) mass is 269 g/mol. The van der Waals surface area contributed by atoms with Crippen molar-refractivity contribution in [3.8, 4) is 0 Å². The second-order valence-corrected chi connectivity index (χ2v) is 4.56. The molecule has 19 heavy (non-hydrogen) atoms. The third kappa shape index (κ3) is 4.84. The van der Waals surface area contributed by atoms with Gasteiger partial charge in [0, 0.05) is 25.1 Å². The van der Waals surface area contributed by atoms with Crippen molar-refractivity contribution in [3.05, 3.63) is 25.3 Å². The van der Waals surface area contributed by atoms with Crippen LogP contribution < -0.4 is 0 Å². The molecule has 0 aromatic heterocycles. The summed E-state index contributed by atoms with van der Waals surface area (Å²) in [6.45, 7) is 8.89. The fraction of sp³-hybridized carbons (Fsp3) is 0.538. The first kappa shape index (κ1) is 15.4. The van der Waals surface area contributed by atoms with Gasteiger partial charge in [0.25, 0.3) is 0 Å². The molecule has 0 aromatic rings. The number of hydroxylamine groups is 2. The van der Waals surface area contributed by atoms with Gasteiger partial charge in [0.2, 0.25) is 0 Å². The van der Waals surface area contributed by atoms with Crippen molar-refractivity contribution >= 4 is 11.9 Å². The molecule has 1 rings (SSSR count). The standard InChI is InChI=1S/C13H19NO5/c1-5-11(15)17-9-14(4)18-8-10-7-13(10,3)19-12(16)6-2/h5-6,10H,1-2,7-9H2,3-4H3. The smallest absolute Gasteiger partial charge is 0.331 e. The summed E-state index contributed by atoms with van der Waals surface area (Å²) in [7, 11) is 1.64. The van der Waals surface area contributed by atoms with Crippen molar-refractivity contribution in [1.82, 2.24) is 5.06 Å². The van der Waals surface area contributed by atoms with Crippen LogP contribution in [0.5, 0.6) is 0 Å². The summed E-state index contributed by atoms with van der Waals surface area (Å²) in [6, 6.07) is 0. The minimum absolute atomic E-state index is 0.0146. The lowest BCUT2D eigenvalue weighted by Crippen LogP contribution is -2.26. The summed E-state index contributed by atoms with van der Waals surface area (Å²) in [5.41, 5.74) is -0.482. The zero-order valence-electron chi connectivity index (χ0n) is 11.3. The number of nitrogens with zero attached hydrogens (tertiary/aromatic N) is 1. The predicted octanol–water partition coefficient (Wildman–Crippen LogP) is 1.04. The number of hydrogen-bond donors (Lipinski definition) is 0. The maximum absolute atomic E-state index is 11.1. The lowest BCUT2D eigenvalue weighted by molar-refractivity contribution is -0.199. The van der Waals surface area contributed by atoms with Crippen LogP contribution >= 0.6 is 0 Å². The van der Waals surface area contributed by atoms with Gasteiger partial charge in [0.1, 0.15) is 5.60 Å². The highest BCUT2D eigenvalue weighted by molar-refractivity contribution is 5.82. The van der Waals surface area contributed by atoms with E-state index in [1.54, 1.807) is 7.05 Å². The maximum Gasteiger partial charge on any atom is 0.331 e. The van der Waals surface area contributed by atoms with Gasteiger partial charge in [-0.15, -0.1) is 0 Å². The summed E-state index contributed by atoms with van der Waals surface area (Å²) >= 11 is 0. The highest BCUT2D eigenvalue weighted by Gasteiger charge is 2.54. The Morgan fingerprint density at radius 3 is 2.58 bits per heavy atom. The molecule has 6 heteroatoms. The van der Waals surface area contributed by atoms with Crippen LogP contribution in [0.25, 0.3) is 0 Å². The number of esters is 2. The molecule has 1 aliphatic carbocycles. The van der Waals surface area contributed by atoms with Crippen molar-refractivity contribution in [1.29, 1.82) is 0 Å². The normalized spacial score (nSPS) is 24.7. The van der Waals surface area contributed by atoms with Gasteiger partial charge in [-0.1, -0.05) is 13.2 Å². The van der Waals surface area contributed by atoms with Gasteiger partial charge in [-0.3, -0.25) is 4.84 Å². The van der Waals surface area contributed by atoms with E-state index in [0.29, 0.717) is 6.61 Å². The van der Waals surface area contributed by atoms with Gasteiger partial charge in [0.15, 0.2) is 6.73 Å². The van der Waals surface area contributed by atoms with Crippen LogP contribution in [-0.4, -0.2) is 43.0 Å². The van der Waals surface area contributed by atoms with Gasteiger partial charge in [-0.2, -0.15) is 5.06 Å². The molecule has 0 aliphatic heterocycles. The zero-order chi connectivity index (χ0) is 14.5. The molecule has 1 fully saturated rings. The Kier molecular flexibility index (Phi) is 5.26. The third-order valence-electron chi connectivity index (χ3n) is 2.91. The molecule has 0 bridgehead atoms. The topological polar surface area (TPSA) is 65.1 Å². The molecule has 2 atom stereocenters. The van der Waals surface area contributed by atoms with Crippen LogP contribution in [0, 0.1) is 5.92 Å². The molecule has 2 unspecified atom stereocenters. The molecule has 0 saturated heterocycles. The van der Waals surface area contributed by atoms with Crippen LogP contribution in [0.15, 0.2) is 25.3 Å². The second-order valence-electron chi connectivity index (χ2n) is 4.56. The maximum atomic E-state index is 11.1. The Bertz CT molecular complexity index is 381. The van der Waals surface area contributed by atoms with Crippen LogP contribution in [0.4, 0.5) is 0 Å². The molecule has 0 heterocycles. The second kappa shape index (κ2) is 6.49. The fourth-order valence-electron chi connectivity index (χ4n) is 1.53. The highest BCUT2D eigenvalue weighted by atomic mass is 16.7. The van der Waals surface area contributed by atoms with E-state index in [-0.39, 0.29) is 12.6 Å². The Labute approximate surface area is 112 Å². The molecule has 0 N–H and O–H groups in total. The lowest BCUT2D eigenvalue weighted by atomic mass is 10.3.